The maximum atomic E-state index is 5.50. The standard InChI is InChI=1S/C18H31N3O3.HI/c1-6-8-9-12-20-18(19-7-2)21-13-14-10-11-15(22-3)17(24-5)16(14)23-4;/h10-11H,6-9,12-13H2,1-5H3,(H2,19,20,21);1H. The second-order valence-electron chi connectivity index (χ2n) is 5.32. The normalized spacial score (nSPS) is 10.7. The Labute approximate surface area is 168 Å². The molecule has 7 heteroatoms. The topological polar surface area (TPSA) is 64.1 Å². The predicted octanol–water partition coefficient (Wildman–Crippen LogP) is 3.58. The minimum absolute atomic E-state index is 0. The van der Waals surface area contributed by atoms with Crippen LogP contribution >= 0.6 is 24.0 Å². The molecule has 0 bridgehead atoms. The van der Waals surface area contributed by atoms with Gasteiger partial charge in [-0.25, -0.2) is 4.99 Å². The van der Waals surface area contributed by atoms with Crippen LogP contribution in [0.4, 0.5) is 0 Å². The lowest BCUT2D eigenvalue weighted by atomic mass is 10.1. The summed E-state index contributed by atoms with van der Waals surface area (Å²) < 4.78 is 16.2. The number of hydrogen-bond donors (Lipinski definition) is 2. The van der Waals surface area contributed by atoms with Gasteiger partial charge in [-0.1, -0.05) is 19.8 Å². The predicted molar refractivity (Wildman–Crippen MR) is 114 cm³/mol. The maximum absolute atomic E-state index is 5.50. The fraction of sp³-hybridized carbons (Fsp3) is 0.611. The van der Waals surface area contributed by atoms with Crippen molar-refractivity contribution in [3.63, 3.8) is 0 Å². The van der Waals surface area contributed by atoms with Crippen molar-refractivity contribution in [3.05, 3.63) is 17.7 Å². The van der Waals surface area contributed by atoms with Crippen LogP contribution in [0.15, 0.2) is 17.1 Å². The van der Waals surface area contributed by atoms with Gasteiger partial charge in [0.05, 0.1) is 27.9 Å². The fourth-order valence-electron chi connectivity index (χ4n) is 2.38. The molecule has 0 radical (unpaired) electrons. The molecule has 0 aromatic heterocycles. The van der Waals surface area contributed by atoms with E-state index in [1.165, 1.54) is 12.8 Å². The summed E-state index contributed by atoms with van der Waals surface area (Å²) >= 11 is 0. The monoisotopic (exact) mass is 465 g/mol. The van der Waals surface area contributed by atoms with Crippen LogP contribution in [0.2, 0.25) is 0 Å². The van der Waals surface area contributed by atoms with Crippen LogP contribution in [0.5, 0.6) is 17.2 Å². The third-order valence-electron chi connectivity index (χ3n) is 3.61. The minimum Gasteiger partial charge on any atom is -0.493 e. The highest BCUT2D eigenvalue weighted by Gasteiger charge is 2.15. The van der Waals surface area contributed by atoms with Crippen molar-refractivity contribution in [1.29, 1.82) is 0 Å². The van der Waals surface area contributed by atoms with Gasteiger partial charge in [0.15, 0.2) is 17.5 Å². The Balaban J connectivity index is 0.00000576. The molecule has 0 amide bonds. The second-order valence-corrected chi connectivity index (χ2v) is 5.32. The molecule has 0 unspecified atom stereocenters. The molecular weight excluding hydrogens is 433 g/mol. The number of unbranched alkanes of at least 4 members (excludes halogenated alkanes) is 2. The zero-order chi connectivity index (χ0) is 17.8. The van der Waals surface area contributed by atoms with E-state index in [4.69, 9.17) is 14.2 Å². The highest BCUT2D eigenvalue weighted by Crippen LogP contribution is 2.39. The molecule has 0 aliphatic carbocycles. The Morgan fingerprint density at radius 1 is 0.960 bits per heavy atom. The number of rotatable bonds is 10. The van der Waals surface area contributed by atoms with Crippen molar-refractivity contribution in [2.24, 2.45) is 4.99 Å². The van der Waals surface area contributed by atoms with E-state index in [1.807, 2.05) is 12.1 Å². The van der Waals surface area contributed by atoms with Crippen molar-refractivity contribution in [2.45, 2.75) is 39.7 Å². The molecule has 0 aliphatic rings. The lowest BCUT2D eigenvalue weighted by molar-refractivity contribution is 0.322. The largest absolute Gasteiger partial charge is 0.493 e. The van der Waals surface area contributed by atoms with Crippen LogP contribution in [0.1, 0.15) is 38.7 Å². The molecule has 25 heavy (non-hydrogen) atoms. The number of ether oxygens (including phenoxy) is 3. The van der Waals surface area contributed by atoms with Crippen LogP contribution in [-0.4, -0.2) is 40.4 Å². The van der Waals surface area contributed by atoms with Crippen LogP contribution in [-0.2, 0) is 6.54 Å². The van der Waals surface area contributed by atoms with E-state index in [9.17, 15) is 0 Å². The summed E-state index contributed by atoms with van der Waals surface area (Å²) in [4.78, 5) is 4.64. The Hall–Kier alpha value is -1.38. The molecule has 144 valence electrons. The first-order valence-corrected chi connectivity index (χ1v) is 8.51. The number of nitrogens with one attached hydrogen (secondary N) is 2. The van der Waals surface area contributed by atoms with E-state index in [-0.39, 0.29) is 24.0 Å². The van der Waals surface area contributed by atoms with Crippen LogP contribution in [0.25, 0.3) is 0 Å². The average Bonchev–Trinajstić information content (AvgIpc) is 2.61. The van der Waals surface area contributed by atoms with E-state index in [1.54, 1.807) is 21.3 Å². The third-order valence-corrected chi connectivity index (χ3v) is 3.61. The maximum Gasteiger partial charge on any atom is 0.203 e. The second kappa shape index (κ2) is 13.9. The number of guanidine groups is 1. The quantitative estimate of drug-likeness (QED) is 0.240. The molecule has 0 fully saturated rings. The molecule has 0 saturated heterocycles. The van der Waals surface area contributed by atoms with Gasteiger partial charge in [-0.15, -0.1) is 24.0 Å². The lowest BCUT2D eigenvalue weighted by Crippen LogP contribution is -2.37. The van der Waals surface area contributed by atoms with Gasteiger partial charge in [-0.05, 0) is 25.5 Å². The van der Waals surface area contributed by atoms with E-state index in [2.05, 4.69) is 29.5 Å². The Kier molecular flexibility index (Phi) is 13.1. The fourth-order valence-corrected chi connectivity index (χ4v) is 2.38. The van der Waals surface area contributed by atoms with Gasteiger partial charge in [-0.3, -0.25) is 0 Å². The first-order valence-electron chi connectivity index (χ1n) is 8.51. The molecule has 2 N–H and O–H groups in total. The first kappa shape index (κ1) is 23.6. The summed E-state index contributed by atoms with van der Waals surface area (Å²) in [5, 5.41) is 6.62. The van der Waals surface area contributed by atoms with Gasteiger partial charge in [0.2, 0.25) is 5.75 Å². The average molecular weight is 465 g/mol. The van der Waals surface area contributed by atoms with E-state index < -0.39 is 0 Å². The van der Waals surface area contributed by atoms with Crippen molar-refractivity contribution >= 4 is 29.9 Å². The van der Waals surface area contributed by atoms with Gasteiger partial charge >= 0.3 is 0 Å². The van der Waals surface area contributed by atoms with Crippen molar-refractivity contribution in [2.75, 3.05) is 34.4 Å². The van der Waals surface area contributed by atoms with E-state index >= 15 is 0 Å². The van der Waals surface area contributed by atoms with E-state index in [0.717, 1.165) is 31.0 Å². The summed E-state index contributed by atoms with van der Waals surface area (Å²) in [5.74, 6) is 2.70. The molecule has 0 heterocycles. The summed E-state index contributed by atoms with van der Waals surface area (Å²) in [5.41, 5.74) is 0.945. The van der Waals surface area contributed by atoms with Gasteiger partial charge in [0.1, 0.15) is 0 Å². The number of methoxy groups -OCH3 is 3. The Bertz CT molecular complexity index is 525. The Morgan fingerprint density at radius 2 is 1.68 bits per heavy atom. The highest BCUT2D eigenvalue weighted by atomic mass is 127. The van der Waals surface area contributed by atoms with Crippen molar-refractivity contribution in [1.82, 2.24) is 10.6 Å². The molecule has 1 aromatic rings. The Morgan fingerprint density at radius 3 is 2.24 bits per heavy atom. The zero-order valence-corrected chi connectivity index (χ0v) is 18.3. The number of benzene rings is 1. The number of aliphatic imine (C=N–C) groups is 1. The van der Waals surface area contributed by atoms with E-state index in [0.29, 0.717) is 23.8 Å². The van der Waals surface area contributed by atoms with Crippen LogP contribution in [0, 0.1) is 0 Å². The first-order chi connectivity index (χ1) is 11.7. The number of hydrogen-bond acceptors (Lipinski definition) is 4. The summed E-state index contributed by atoms with van der Waals surface area (Å²) in [6.07, 6.45) is 3.56. The molecule has 1 aromatic carbocycles. The van der Waals surface area contributed by atoms with Gasteiger partial charge in [-0.2, -0.15) is 0 Å². The van der Waals surface area contributed by atoms with Crippen molar-refractivity contribution in [3.8, 4) is 17.2 Å². The minimum atomic E-state index is 0. The van der Waals surface area contributed by atoms with Gasteiger partial charge in [0, 0.05) is 18.7 Å². The van der Waals surface area contributed by atoms with Gasteiger partial charge < -0.3 is 24.8 Å². The molecule has 0 aliphatic heterocycles. The molecule has 1 rings (SSSR count). The van der Waals surface area contributed by atoms with Crippen molar-refractivity contribution < 1.29 is 14.2 Å². The highest BCUT2D eigenvalue weighted by molar-refractivity contribution is 14.0. The molecule has 0 saturated carbocycles. The zero-order valence-electron chi connectivity index (χ0n) is 16.0. The molecule has 0 atom stereocenters. The van der Waals surface area contributed by atoms with Gasteiger partial charge in [0.25, 0.3) is 0 Å². The third kappa shape index (κ3) is 7.58. The smallest absolute Gasteiger partial charge is 0.203 e. The molecule has 6 nitrogen and oxygen atoms in total. The number of halogens is 1. The summed E-state index contributed by atoms with van der Waals surface area (Å²) in [6.45, 7) is 6.49. The molecular formula is C18H32IN3O3. The summed E-state index contributed by atoms with van der Waals surface area (Å²) in [6, 6.07) is 3.82. The summed E-state index contributed by atoms with van der Waals surface area (Å²) in [7, 11) is 4.84. The molecule has 0 spiro atoms. The SMILES string of the molecule is CCCCCNC(=NCc1ccc(OC)c(OC)c1OC)NCC.I. The van der Waals surface area contributed by atoms with Crippen LogP contribution < -0.4 is 24.8 Å². The number of nitrogens with zero attached hydrogens (tertiary/aromatic N) is 1. The van der Waals surface area contributed by atoms with Crippen LogP contribution in [0.3, 0.4) is 0 Å². The lowest BCUT2D eigenvalue weighted by Gasteiger charge is -2.15.